The molecule has 6 rings (SSSR count). The maximum Gasteiger partial charge on any atom is 0.249 e. The van der Waals surface area contributed by atoms with Crippen LogP contribution < -0.4 is 10.6 Å². The summed E-state index contributed by atoms with van der Waals surface area (Å²) in [5.74, 6) is 1.08. The van der Waals surface area contributed by atoms with Crippen molar-refractivity contribution in [1.29, 1.82) is 0 Å². The van der Waals surface area contributed by atoms with Crippen molar-refractivity contribution in [3.8, 4) is 0 Å². The van der Waals surface area contributed by atoms with E-state index >= 15 is 0 Å². The van der Waals surface area contributed by atoms with Crippen molar-refractivity contribution in [2.75, 3.05) is 6.54 Å². The lowest BCUT2D eigenvalue weighted by Gasteiger charge is -2.55. The Kier molecular flexibility index (Phi) is 3.85. The quantitative estimate of drug-likeness (QED) is 0.695. The molecule has 6 fully saturated rings. The molecule has 1 saturated heterocycles. The van der Waals surface area contributed by atoms with Gasteiger partial charge in [-0.3, -0.25) is 24.5 Å². The zero-order chi connectivity index (χ0) is 18.8. The van der Waals surface area contributed by atoms with E-state index in [1.165, 1.54) is 19.3 Å². The highest BCUT2D eigenvalue weighted by atomic mass is 16.2. The number of imide groups is 1. The third kappa shape index (κ3) is 2.95. The molecule has 5 saturated carbocycles. The first-order valence-electron chi connectivity index (χ1n) is 10.4. The van der Waals surface area contributed by atoms with Gasteiger partial charge in [0, 0.05) is 11.5 Å². The Morgan fingerprint density at radius 3 is 2.11 bits per heavy atom. The largest absolute Gasteiger partial charge is 0.347 e. The van der Waals surface area contributed by atoms with E-state index in [4.69, 9.17) is 0 Å². The molecule has 0 aromatic heterocycles. The van der Waals surface area contributed by atoms with Crippen molar-refractivity contribution in [1.82, 2.24) is 15.5 Å². The Morgan fingerprint density at radius 1 is 1.04 bits per heavy atom. The summed E-state index contributed by atoms with van der Waals surface area (Å²) >= 11 is 0. The van der Waals surface area contributed by atoms with Crippen LogP contribution in [0.4, 0.5) is 0 Å². The number of carbonyl (C=O) groups excluding carboxylic acids is 4. The molecule has 0 spiro atoms. The molecule has 7 heteroatoms. The van der Waals surface area contributed by atoms with Crippen LogP contribution in [-0.2, 0) is 19.2 Å². The summed E-state index contributed by atoms with van der Waals surface area (Å²) in [6.45, 7) is -0.0744. The molecular formula is C20H27N3O4. The second-order valence-electron chi connectivity index (χ2n) is 9.55. The molecule has 0 aromatic rings. The lowest BCUT2D eigenvalue weighted by atomic mass is 9.49. The number of amides is 4. The van der Waals surface area contributed by atoms with Crippen molar-refractivity contribution in [3.63, 3.8) is 0 Å². The number of hydrogen-bond donors (Lipinski definition) is 2. The Labute approximate surface area is 158 Å². The zero-order valence-electron chi connectivity index (χ0n) is 15.5. The van der Waals surface area contributed by atoms with Crippen LogP contribution in [0.25, 0.3) is 0 Å². The second kappa shape index (κ2) is 6.04. The van der Waals surface area contributed by atoms with Crippen LogP contribution in [-0.4, -0.2) is 47.2 Å². The minimum absolute atomic E-state index is 0.0237. The van der Waals surface area contributed by atoms with Gasteiger partial charge in [0.1, 0.15) is 6.04 Å². The molecule has 27 heavy (non-hydrogen) atoms. The highest BCUT2D eigenvalue weighted by Gasteiger charge is 2.54. The van der Waals surface area contributed by atoms with Crippen LogP contribution in [0.15, 0.2) is 0 Å². The van der Waals surface area contributed by atoms with Gasteiger partial charge < -0.3 is 10.2 Å². The van der Waals surface area contributed by atoms with E-state index in [0.717, 1.165) is 32.1 Å². The topological polar surface area (TPSA) is 95.6 Å². The zero-order valence-corrected chi connectivity index (χ0v) is 15.5. The van der Waals surface area contributed by atoms with E-state index in [-0.39, 0.29) is 42.1 Å². The summed E-state index contributed by atoms with van der Waals surface area (Å²) in [6, 6.07) is -0.690. The van der Waals surface area contributed by atoms with Crippen LogP contribution in [0.3, 0.4) is 0 Å². The fourth-order valence-corrected chi connectivity index (χ4v) is 6.57. The maximum absolute atomic E-state index is 13.0. The lowest BCUT2D eigenvalue weighted by Crippen LogP contribution is -2.55. The normalized spacial score (nSPS) is 39.4. The summed E-state index contributed by atoms with van der Waals surface area (Å²) in [7, 11) is 0. The maximum atomic E-state index is 13.0. The predicted octanol–water partition coefficient (Wildman–Crippen LogP) is 0.725. The van der Waals surface area contributed by atoms with Gasteiger partial charge in [-0.05, 0) is 69.1 Å². The van der Waals surface area contributed by atoms with E-state index in [1.54, 1.807) is 4.90 Å². The standard InChI is InChI=1S/C20H27N3O4/c24-16-6-15(18(26)22-16)23(14-1-2-14)17(25)10-21-19(27)20-7-11-3-12(8-20)5-13(4-11)9-20/h11-15H,1-10H2,(H,21,27)(H,22,24,26)/t11?,12?,13?,15-,20?/m0/s1. The minimum Gasteiger partial charge on any atom is -0.347 e. The highest BCUT2D eigenvalue weighted by molar-refractivity contribution is 6.07. The molecule has 2 N–H and O–H groups in total. The summed E-state index contributed by atoms with van der Waals surface area (Å²) < 4.78 is 0. The Hall–Kier alpha value is -1.92. The van der Waals surface area contributed by atoms with E-state index < -0.39 is 11.9 Å². The van der Waals surface area contributed by atoms with Gasteiger partial charge in [0.2, 0.25) is 23.6 Å². The molecular weight excluding hydrogens is 346 g/mol. The van der Waals surface area contributed by atoms with Gasteiger partial charge >= 0.3 is 0 Å². The third-order valence-electron chi connectivity index (χ3n) is 7.43. The lowest BCUT2D eigenvalue weighted by molar-refractivity contribution is -0.148. The minimum atomic E-state index is -0.714. The van der Waals surface area contributed by atoms with Gasteiger partial charge in [-0.15, -0.1) is 0 Å². The first-order chi connectivity index (χ1) is 12.9. The Morgan fingerprint density at radius 2 is 1.63 bits per heavy atom. The molecule has 146 valence electrons. The fraction of sp³-hybridized carbons (Fsp3) is 0.800. The van der Waals surface area contributed by atoms with Gasteiger partial charge in [0.15, 0.2) is 0 Å². The van der Waals surface area contributed by atoms with Crippen LogP contribution in [0.2, 0.25) is 0 Å². The number of carbonyl (C=O) groups is 4. The van der Waals surface area contributed by atoms with Crippen molar-refractivity contribution in [2.45, 2.75) is 69.9 Å². The molecule has 4 amide bonds. The molecule has 5 aliphatic carbocycles. The van der Waals surface area contributed by atoms with Crippen molar-refractivity contribution >= 4 is 23.6 Å². The number of hydrogen-bond acceptors (Lipinski definition) is 4. The molecule has 0 unspecified atom stereocenters. The summed E-state index contributed by atoms with van der Waals surface area (Å²) in [6.07, 6.45) is 8.44. The van der Waals surface area contributed by atoms with Crippen molar-refractivity contribution < 1.29 is 19.2 Å². The Balaban J connectivity index is 1.24. The summed E-state index contributed by atoms with van der Waals surface area (Å²) in [5, 5.41) is 5.18. The van der Waals surface area contributed by atoms with E-state index in [1.807, 2.05) is 0 Å². The van der Waals surface area contributed by atoms with E-state index in [2.05, 4.69) is 10.6 Å². The van der Waals surface area contributed by atoms with Crippen LogP contribution >= 0.6 is 0 Å². The summed E-state index contributed by atoms with van der Waals surface area (Å²) in [4.78, 5) is 50.9. The van der Waals surface area contributed by atoms with E-state index in [9.17, 15) is 19.2 Å². The number of nitrogens with zero attached hydrogens (tertiary/aromatic N) is 1. The first-order valence-corrected chi connectivity index (χ1v) is 10.4. The third-order valence-corrected chi connectivity index (χ3v) is 7.43. The fourth-order valence-electron chi connectivity index (χ4n) is 6.57. The number of nitrogens with one attached hydrogen (secondary N) is 2. The molecule has 1 aliphatic heterocycles. The molecule has 1 heterocycles. The molecule has 7 nitrogen and oxygen atoms in total. The van der Waals surface area contributed by atoms with Crippen LogP contribution in [0.1, 0.15) is 57.8 Å². The molecule has 0 radical (unpaired) electrons. The van der Waals surface area contributed by atoms with Gasteiger partial charge in [-0.25, -0.2) is 0 Å². The first kappa shape index (κ1) is 17.2. The Bertz CT molecular complexity index is 679. The van der Waals surface area contributed by atoms with Gasteiger partial charge in [0.05, 0.1) is 13.0 Å². The van der Waals surface area contributed by atoms with Crippen LogP contribution in [0, 0.1) is 23.2 Å². The molecule has 1 atom stereocenters. The molecule has 4 bridgehead atoms. The van der Waals surface area contributed by atoms with Gasteiger partial charge in [-0.2, -0.15) is 0 Å². The average molecular weight is 373 g/mol. The predicted molar refractivity (Wildman–Crippen MR) is 95.0 cm³/mol. The van der Waals surface area contributed by atoms with Crippen molar-refractivity contribution in [3.05, 3.63) is 0 Å². The van der Waals surface area contributed by atoms with Crippen LogP contribution in [0.5, 0.6) is 0 Å². The van der Waals surface area contributed by atoms with Gasteiger partial charge in [0.25, 0.3) is 0 Å². The smallest absolute Gasteiger partial charge is 0.249 e. The highest BCUT2D eigenvalue weighted by Crippen LogP contribution is 2.60. The summed E-state index contributed by atoms with van der Waals surface area (Å²) in [5.41, 5.74) is -0.278. The molecule has 6 aliphatic rings. The monoisotopic (exact) mass is 373 g/mol. The van der Waals surface area contributed by atoms with Crippen molar-refractivity contribution in [2.24, 2.45) is 23.2 Å². The SMILES string of the molecule is O=C1C[C@H](N(C(=O)CNC(=O)C23CC4CC(CC(C4)C2)C3)C2CC2)C(=O)N1. The molecule has 0 aromatic carbocycles. The van der Waals surface area contributed by atoms with E-state index in [0.29, 0.717) is 17.8 Å². The van der Waals surface area contributed by atoms with Gasteiger partial charge in [-0.1, -0.05) is 0 Å². The average Bonchev–Trinajstić information content (AvgIpc) is 3.37. The number of rotatable bonds is 5. The second-order valence-corrected chi connectivity index (χ2v) is 9.55.